The molecule has 2 amide bonds. The Morgan fingerprint density at radius 3 is 2.45 bits per heavy atom. The highest BCUT2D eigenvalue weighted by atomic mass is 79.9. The van der Waals surface area contributed by atoms with Crippen LogP contribution in [0.1, 0.15) is 21.5 Å². The Hall–Kier alpha value is -3.12. The number of aryl methyl sites for hydroxylation is 1. The molecule has 0 aliphatic heterocycles. The summed E-state index contributed by atoms with van der Waals surface area (Å²) in [6.07, 6.45) is 0.740. The Labute approximate surface area is 191 Å². The molecule has 160 valence electrons. The van der Waals surface area contributed by atoms with Crippen molar-refractivity contribution in [2.24, 2.45) is 0 Å². The smallest absolute Gasteiger partial charge is 0.264 e. The lowest BCUT2D eigenvalue weighted by Gasteiger charge is -2.20. The monoisotopic (exact) mass is 480 g/mol. The van der Waals surface area contributed by atoms with Gasteiger partial charge in [-0.1, -0.05) is 58.4 Å². The Balaban J connectivity index is 1.61. The minimum atomic E-state index is -0.245. The molecule has 0 bridgehead atoms. The molecule has 3 aromatic carbocycles. The maximum absolute atomic E-state index is 12.7. The fourth-order valence-electron chi connectivity index (χ4n) is 3.10. The largest absolute Gasteiger partial charge is 0.484 e. The van der Waals surface area contributed by atoms with Crippen LogP contribution in [0.3, 0.4) is 0 Å². The highest BCUT2D eigenvalue weighted by Gasteiger charge is 2.18. The normalized spacial score (nSPS) is 10.4. The molecule has 0 saturated carbocycles. The van der Waals surface area contributed by atoms with Gasteiger partial charge in [0, 0.05) is 18.1 Å². The standard InChI is InChI=1S/C25H25BrN2O3/c1-18-16-20(12-13-22(18)26)31-17-24(29)28(2)23-11-7-6-10-21(23)25(30)27-15-14-19-8-4-3-5-9-19/h3-13,16H,14-15,17H2,1-2H3,(H,27,30). The van der Waals surface area contributed by atoms with Crippen molar-refractivity contribution in [3.8, 4) is 5.75 Å². The van der Waals surface area contributed by atoms with E-state index in [2.05, 4.69) is 21.2 Å². The van der Waals surface area contributed by atoms with Crippen molar-refractivity contribution in [1.82, 2.24) is 5.32 Å². The Bertz CT molecular complexity index is 1050. The van der Waals surface area contributed by atoms with Crippen LogP contribution in [0.25, 0.3) is 0 Å². The number of hydrogen-bond donors (Lipinski definition) is 1. The molecule has 0 fully saturated rings. The van der Waals surface area contributed by atoms with Crippen LogP contribution < -0.4 is 15.0 Å². The molecule has 0 unspecified atom stereocenters. The van der Waals surface area contributed by atoms with Crippen molar-refractivity contribution in [3.05, 3.63) is 94.0 Å². The zero-order chi connectivity index (χ0) is 22.2. The minimum Gasteiger partial charge on any atom is -0.484 e. The van der Waals surface area contributed by atoms with Gasteiger partial charge in [0.2, 0.25) is 0 Å². The number of nitrogens with one attached hydrogen (secondary N) is 1. The quantitative estimate of drug-likeness (QED) is 0.504. The second kappa shape index (κ2) is 10.8. The van der Waals surface area contributed by atoms with Crippen LogP contribution in [0, 0.1) is 6.92 Å². The van der Waals surface area contributed by atoms with Gasteiger partial charge >= 0.3 is 0 Å². The molecule has 0 aromatic heterocycles. The van der Waals surface area contributed by atoms with Gasteiger partial charge in [0.1, 0.15) is 5.75 Å². The molecule has 1 N–H and O–H groups in total. The molecule has 5 nitrogen and oxygen atoms in total. The summed E-state index contributed by atoms with van der Waals surface area (Å²) in [7, 11) is 1.65. The van der Waals surface area contributed by atoms with E-state index in [1.807, 2.05) is 49.4 Å². The summed E-state index contributed by atoms with van der Waals surface area (Å²) in [5.41, 5.74) is 3.17. The summed E-state index contributed by atoms with van der Waals surface area (Å²) in [5, 5.41) is 2.94. The molecular weight excluding hydrogens is 456 g/mol. The number of para-hydroxylation sites is 1. The molecule has 0 atom stereocenters. The number of hydrogen-bond acceptors (Lipinski definition) is 3. The third-order valence-electron chi connectivity index (χ3n) is 4.92. The predicted octanol–water partition coefficient (Wildman–Crippen LogP) is 4.77. The highest BCUT2D eigenvalue weighted by Crippen LogP contribution is 2.23. The zero-order valence-electron chi connectivity index (χ0n) is 17.6. The molecule has 0 aliphatic carbocycles. The zero-order valence-corrected chi connectivity index (χ0v) is 19.2. The van der Waals surface area contributed by atoms with Crippen molar-refractivity contribution in [1.29, 1.82) is 0 Å². The van der Waals surface area contributed by atoms with Gasteiger partial charge in [-0.05, 0) is 54.8 Å². The number of carbonyl (C=O) groups is 2. The SMILES string of the molecule is Cc1cc(OCC(=O)N(C)c2ccccc2C(=O)NCCc2ccccc2)ccc1Br. The fourth-order valence-corrected chi connectivity index (χ4v) is 3.35. The summed E-state index contributed by atoms with van der Waals surface area (Å²) < 4.78 is 6.63. The van der Waals surface area contributed by atoms with E-state index in [4.69, 9.17) is 4.74 Å². The molecule has 3 aromatic rings. The second-order valence-corrected chi connectivity index (χ2v) is 8.02. The number of halogens is 1. The van der Waals surface area contributed by atoms with Crippen LogP contribution in [-0.4, -0.2) is 32.0 Å². The van der Waals surface area contributed by atoms with Gasteiger partial charge in [-0.25, -0.2) is 0 Å². The number of anilines is 1. The average molecular weight is 481 g/mol. The summed E-state index contributed by atoms with van der Waals surface area (Å²) in [6.45, 7) is 2.35. The van der Waals surface area contributed by atoms with E-state index in [0.717, 1.165) is 22.0 Å². The first-order chi connectivity index (χ1) is 15.0. The van der Waals surface area contributed by atoms with Crippen molar-refractivity contribution < 1.29 is 14.3 Å². The van der Waals surface area contributed by atoms with E-state index in [0.29, 0.717) is 23.5 Å². The van der Waals surface area contributed by atoms with Crippen LogP contribution in [-0.2, 0) is 11.2 Å². The maximum Gasteiger partial charge on any atom is 0.264 e. The topological polar surface area (TPSA) is 58.6 Å². The summed E-state index contributed by atoms with van der Waals surface area (Å²) >= 11 is 3.45. The van der Waals surface area contributed by atoms with Gasteiger partial charge in [-0.3, -0.25) is 9.59 Å². The highest BCUT2D eigenvalue weighted by molar-refractivity contribution is 9.10. The Morgan fingerprint density at radius 1 is 1.00 bits per heavy atom. The van der Waals surface area contributed by atoms with Crippen LogP contribution in [0.5, 0.6) is 5.75 Å². The summed E-state index contributed by atoms with van der Waals surface area (Å²) in [4.78, 5) is 26.9. The first kappa shape index (κ1) is 22.6. The fraction of sp³-hybridized carbons (Fsp3) is 0.200. The summed E-state index contributed by atoms with van der Waals surface area (Å²) in [5.74, 6) is 0.162. The molecule has 0 heterocycles. The van der Waals surface area contributed by atoms with Gasteiger partial charge in [-0.2, -0.15) is 0 Å². The molecular formula is C25H25BrN2O3. The predicted molar refractivity (Wildman–Crippen MR) is 127 cm³/mol. The van der Waals surface area contributed by atoms with Crippen LogP contribution in [0.15, 0.2) is 77.3 Å². The van der Waals surface area contributed by atoms with Crippen molar-refractivity contribution in [3.63, 3.8) is 0 Å². The molecule has 0 spiro atoms. The number of benzene rings is 3. The number of amides is 2. The van der Waals surface area contributed by atoms with Gasteiger partial charge in [0.25, 0.3) is 11.8 Å². The van der Waals surface area contributed by atoms with E-state index in [1.54, 1.807) is 37.4 Å². The van der Waals surface area contributed by atoms with E-state index in [9.17, 15) is 9.59 Å². The molecule has 31 heavy (non-hydrogen) atoms. The van der Waals surface area contributed by atoms with Crippen molar-refractivity contribution in [2.75, 3.05) is 25.1 Å². The second-order valence-electron chi connectivity index (χ2n) is 7.16. The van der Waals surface area contributed by atoms with Gasteiger partial charge in [0.15, 0.2) is 6.61 Å². The number of likely N-dealkylation sites (N-methyl/N-ethyl adjacent to an activating group) is 1. The van der Waals surface area contributed by atoms with Gasteiger partial charge in [0.05, 0.1) is 11.3 Å². The lowest BCUT2D eigenvalue weighted by Crippen LogP contribution is -2.34. The van der Waals surface area contributed by atoms with Crippen LogP contribution >= 0.6 is 15.9 Å². The molecule has 0 radical (unpaired) electrons. The third-order valence-corrected chi connectivity index (χ3v) is 5.81. The third kappa shape index (κ3) is 6.18. The Morgan fingerprint density at radius 2 is 1.71 bits per heavy atom. The lowest BCUT2D eigenvalue weighted by atomic mass is 10.1. The Kier molecular flexibility index (Phi) is 7.84. The maximum atomic E-state index is 12.7. The average Bonchev–Trinajstić information content (AvgIpc) is 2.79. The number of nitrogens with zero attached hydrogens (tertiary/aromatic N) is 1. The lowest BCUT2D eigenvalue weighted by molar-refractivity contribution is -0.120. The number of rotatable bonds is 8. The van der Waals surface area contributed by atoms with E-state index >= 15 is 0 Å². The van der Waals surface area contributed by atoms with Gasteiger partial charge in [-0.15, -0.1) is 0 Å². The first-order valence-electron chi connectivity index (χ1n) is 10.0. The van der Waals surface area contributed by atoms with Crippen molar-refractivity contribution >= 4 is 33.4 Å². The van der Waals surface area contributed by atoms with Crippen molar-refractivity contribution in [2.45, 2.75) is 13.3 Å². The van der Waals surface area contributed by atoms with E-state index in [1.165, 1.54) is 4.90 Å². The van der Waals surface area contributed by atoms with Gasteiger partial charge < -0.3 is 15.0 Å². The van der Waals surface area contributed by atoms with E-state index < -0.39 is 0 Å². The minimum absolute atomic E-state index is 0.123. The summed E-state index contributed by atoms with van der Waals surface area (Å²) in [6, 6.07) is 22.6. The van der Waals surface area contributed by atoms with E-state index in [-0.39, 0.29) is 18.4 Å². The van der Waals surface area contributed by atoms with Crippen LogP contribution in [0.4, 0.5) is 5.69 Å². The first-order valence-corrected chi connectivity index (χ1v) is 10.8. The number of ether oxygens (including phenoxy) is 1. The molecule has 3 rings (SSSR count). The molecule has 6 heteroatoms. The van der Waals surface area contributed by atoms with Crippen LogP contribution in [0.2, 0.25) is 0 Å². The number of carbonyl (C=O) groups excluding carboxylic acids is 2. The molecule has 0 saturated heterocycles. The molecule has 0 aliphatic rings.